The summed E-state index contributed by atoms with van der Waals surface area (Å²) in [6, 6.07) is 17.5. The molecule has 27 heavy (non-hydrogen) atoms. The van der Waals surface area contributed by atoms with Gasteiger partial charge in [0.05, 0.1) is 0 Å². The fourth-order valence-electron chi connectivity index (χ4n) is 2.65. The number of aromatic nitrogens is 1. The minimum Gasteiger partial charge on any atom is -0.347 e. The molecule has 0 unspecified atom stereocenters. The lowest BCUT2D eigenvalue weighted by atomic mass is 10.1. The Morgan fingerprint density at radius 1 is 1.00 bits per heavy atom. The summed E-state index contributed by atoms with van der Waals surface area (Å²) in [5, 5.41) is 2.89. The highest BCUT2D eigenvalue weighted by Crippen LogP contribution is 2.09. The van der Waals surface area contributed by atoms with Crippen LogP contribution in [0.2, 0.25) is 0 Å². The van der Waals surface area contributed by atoms with Gasteiger partial charge in [0.1, 0.15) is 11.5 Å². The molecule has 1 amide bonds. The van der Waals surface area contributed by atoms with Gasteiger partial charge in [-0.25, -0.2) is 9.37 Å². The monoisotopic (exact) mass is 358 g/mol. The Morgan fingerprint density at radius 3 is 2.48 bits per heavy atom. The molecule has 0 spiro atoms. The van der Waals surface area contributed by atoms with Gasteiger partial charge >= 0.3 is 0 Å². The van der Waals surface area contributed by atoms with Crippen molar-refractivity contribution in [2.75, 3.05) is 0 Å². The lowest BCUT2D eigenvalue weighted by molar-refractivity contribution is 0.0946. The van der Waals surface area contributed by atoms with Crippen molar-refractivity contribution in [3.05, 3.63) is 101 Å². The molecule has 0 aliphatic carbocycles. The third-order valence-corrected chi connectivity index (χ3v) is 4.11. The van der Waals surface area contributed by atoms with Gasteiger partial charge in [0.15, 0.2) is 0 Å². The standard InChI is InChI=1S/C23H19FN2O/c1-2-19-7-3-4-8-20(19)16-26-23(27)22-13-12-18(15-25-22)11-10-17-6-5-9-21(24)14-17/h3-9,12-15H,2,16H2,1H3,(H,26,27). The molecule has 0 radical (unpaired) electrons. The number of rotatable bonds is 4. The number of hydrogen-bond acceptors (Lipinski definition) is 2. The number of amides is 1. The molecule has 1 heterocycles. The Balaban J connectivity index is 1.64. The average Bonchev–Trinajstić information content (AvgIpc) is 2.71. The highest BCUT2D eigenvalue weighted by molar-refractivity contribution is 5.92. The van der Waals surface area contributed by atoms with Crippen LogP contribution in [-0.2, 0) is 13.0 Å². The van der Waals surface area contributed by atoms with Crippen molar-refractivity contribution in [1.29, 1.82) is 0 Å². The van der Waals surface area contributed by atoms with E-state index in [1.54, 1.807) is 30.5 Å². The summed E-state index contributed by atoms with van der Waals surface area (Å²) in [6.07, 6.45) is 2.46. The zero-order valence-corrected chi connectivity index (χ0v) is 15.0. The predicted octanol–water partition coefficient (Wildman–Crippen LogP) is 4.11. The average molecular weight is 358 g/mol. The molecule has 1 N–H and O–H groups in total. The van der Waals surface area contributed by atoms with Crippen LogP contribution in [0.4, 0.5) is 4.39 Å². The summed E-state index contributed by atoms with van der Waals surface area (Å²) in [5.41, 5.74) is 3.90. The van der Waals surface area contributed by atoms with E-state index in [1.165, 1.54) is 17.7 Å². The van der Waals surface area contributed by atoms with Crippen LogP contribution >= 0.6 is 0 Å². The Labute approximate surface area is 158 Å². The summed E-state index contributed by atoms with van der Waals surface area (Å²) >= 11 is 0. The third kappa shape index (κ3) is 5.02. The number of halogens is 1. The molecule has 0 atom stereocenters. The van der Waals surface area contributed by atoms with E-state index >= 15 is 0 Å². The summed E-state index contributed by atoms with van der Waals surface area (Å²) < 4.78 is 13.2. The predicted molar refractivity (Wildman–Crippen MR) is 104 cm³/mol. The lowest BCUT2D eigenvalue weighted by Gasteiger charge is -2.09. The van der Waals surface area contributed by atoms with Crippen molar-refractivity contribution < 1.29 is 9.18 Å². The number of nitrogens with zero attached hydrogens (tertiary/aromatic N) is 1. The zero-order chi connectivity index (χ0) is 19.1. The van der Waals surface area contributed by atoms with Crippen LogP contribution in [-0.4, -0.2) is 10.9 Å². The summed E-state index contributed by atoms with van der Waals surface area (Å²) in [5.74, 6) is 5.24. The Kier molecular flexibility index (Phi) is 5.96. The smallest absolute Gasteiger partial charge is 0.270 e. The number of benzene rings is 2. The number of pyridine rings is 1. The summed E-state index contributed by atoms with van der Waals surface area (Å²) in [6.45, 7) is 2.55. The molecule has 0 fully saturated rings. The molecular weight excluding hydrogens is 339 g/mol. The molecule has 134 valence electrons. The first-order valence-corrected chi connectivity index (χ1v) is 8.74. The van der Waals surface area contributed by atoms with Crippen LogP contribution in [0.3, 0.4) is 0 Å². The van der Waals surface area contributed by atoms with E-state index in [0.29, 0.717) is 23.4 Å². The lowest BCUT2D eigenvalue weighted by Crippen LogP contribution is -2.24. The van der Waals surface area contributed by atoms with Gasteiger partial charge in [-0.3, -0.25) is 4.79 Å². The van der Waals surface area contributed by atoms with Crippen molar-refractivity contribution in [2.24, 2.45) is 0 Å². The topological polar surface area (TPSA) is 42.0 Å². The molecule has 0 saturated heterocycles. The SMILES string of the molecule is CCc1ccccc1CNC(=O)c1ccc(C#Cc2cccc(F)c2)cn1. The number of carbonyl (C=O) groups excluding carboxylic acids is 1. The number of carbonyl (C=O) groups is 1. The van der Waals surface area contributed by atoms with Crippen LogP contribution in [0.25, 0.3) is 0 Å². The van der Waals surface area contributed by atoms with Gasteiger partial charge in [0, 0.05) is 23.9 Å². The normalized spacial score (nSPS) is 10.0. The minimum atomic E-state index is -0.323. The zero-order valence-electron chi connectivity index (χ0n) is 15.0. The molecule has 2 aromatic carbocycles. The van der Waals surface area contributed by atoms with Gasteiger partial charge in [-0.15, -0.1) is 0 Å². The van der Waals surface area contributed by atoms with Crippen LogP contribution in [0.1, 0.15) is 39.7 Å². The first-order chi connectivity index (χ1) is 13.2. The molecule has 1 aromatic heterocycles. The van der Waals surface area contributed by atoms with Gasteiger partial charge in [-0.2, -0.15) is 0 Å². The molecule has 0 aliphatic rings. The first-order valence-electron chi connectivity index (χ1n) is 8.74. The molecule has 3 aromatic rings. The van der Waals surface area contributed by atoms with E-state index in [1.807, 2.05) is 18.2 Å². The van der Waals surface area contributed by atoms with E-state index in [4.69, 9.17) is 0 Å². The van der Waals surface area contributed by atoms with Crippen molar-refractivity contribution in [3.63, 3.8) is 0 Å². The number of aryl methyl sites for hydroxylation is 1. The Morgan fingerprint density at radius 2 is 1.78 bits per heavy atom. The molecule has 0 aliphatic heterocycles. The Hall–Kier alpha value is -3.45. The van der Waals surface area contributed by atoms with Gasteiger partial charge in [0.25, 0.3) is 5.91 Å². The maximum atomic E-state index is 13.2. The molecular formula is C23H19FN2O. The van der Waals surface area contributed by atoms with E-state index < -0.39 is 0 Å². The van der Waals surface area contributed by atoms with Gasteiger partial charge < -0.3 is 5.32 Å². The van der Waals surface area contributed by atoms with Crippen LogP contribution < -0.4 is 5.32 Å². The number of nitrogens with one attached hydrogen (secondary N) is 1. The summed E-state index contributed by atoms with van der Waals surface area (Å²) in [7, 11) is 0. The van der Waals surface area contributed by atoms with E-state index in [2.05, 4.69) is 35.1 Å². The number of hydrogen-bond donors (Lipinski definition) is 1. The van der Waals surface area contributed by atoms with Crippen molar-refractivity contribution >= 4 is 5.91 Å². The highest BCUT2D eigenvalue weighted by atomic mass is 19.1. The largest absolute Gasteiger partial charge is 0.347 e. The Bertz CT molecular complexity index is 1000. The van der Waals surface area contributed by atoms with E-state index in [0.717, 1.165) is 12.0 Å². The fraction of sp³-hybridized carbons (Fsp3) is 0.130. The molecule has 3 nitrogen and oxygen atoms in total. The van der Waals surface area contributed by atoms with Crippen molar-refractivity contribution in [2.45, 2.75) is 19.9 Å². The maximum Gasteiger partial charge on any atom is 0.270 e. The van der Waals surface area contributed by atoms with Crippen LogP contribution in [0, 0.1) is 17.7 Å². The van der Waals surface area contributed by atoms with Gasteiger partial charge in [0.2, 0.25) is 0 Å². The molecule has 4 heteroatoms. The third-order valence-electron chi connectivity index (χ3n) is 4.11. The van der Waals surface area contributed by atoms with E-state index in [-0.39, 0.29) is 11.7 Å². The summed E-state index contributed by atoms with van der Waals surface area (Å²) in [4.78, 5) is 16.5. The van der Waals surface area contributed by atoms with Crippen molar-refractivity contribution in [3.8, 4) is 11.8 Å². The van der Waals surface area contributed by atoms with Gasteiger partial charge in [-0.1, -0.05) is 49.1 Å². The fourth-order valence-corrected chi connectivity index (χ4v) is 2.65. The minimum absolute atomic E-state index is 0.231. The van der Waals surface area contributed by atoms with Crippen LogP contribution in [0.5, 0.6) is 0 Å². The maximum absolute atomic E-state index is 13.2. The second-order valence-corrected chi connectivity index (χ2v) is 6.00. The van der Waals surface area contributed by atoms with Gasteiger partial charge in [-0.05, 0) is 47.9 Å². The second-order valence-electron chi connectivity index (χ2n) is 6.00. The quantitative estimate of drug-likeness (QED) is 0.713. The second kappa shape index (κ2) is 8.77. The molecule has 0 saturated carbocycles. The van der Waals surface area contributed by atoms with Crippen molar-refractivity contribution in [1.82, 2.24) is 10.3 Å². The highest BCUT2D eigenvalue weighted by Gasteiger charge is 2.07. The molecule has 0 bridgehead atoms. The van der Waals surface area contributed by atoms with Crippen LogP contribution in [0.15, 0.2) is 66.9 Å². The first kappa shape index (κ1) is 18.3. The molecule has 3 rings (SSSR count). The van der Waals surface area contributed by atoms with E-state index in [9.17, 15) is 9.18 Å².